The van der Waals surface area contributed by atoms with Crippen LogP contribution in [0.1, 0.15) is 17.5 Å². The van der Waals surface area contributed by atoms with Gasteiger partial charge < -0.3 is 20.0 Å². The van der Waals surface area contributed by atoms with Gasteiger partial charge >= 0.3 is 18.0 Å². The number of urea groups is 1. The fourth-order valence-corrected chi connectivity index (χ4v) is 2.71. The molecule has 7 nitrogen and oxygen atoms in total. The number of terminal acetylenes is 1. The summed E-state index contributed by atoms with van der Waals surface area (Å²) in [6, 6.07) is 5.78. The maximum absolute atomic E-state index is 12.7. The number of carboxylic acids is 2. The van der Waals surface area contributed by atoms with E-state index >= 15 is 0 Å². The smallest absolute Gasteiger partial charge is 0.326 e. The van der Waals surface area contributed by atoms with Crippen molar-refractivity contribution in [2.45, 2.75) is 25.4 Å². The molecule has 2 rings (SSSR count). The Hall–Kier alpha value is -3.01. The van der Waals surface area contributed by atoms with Gasteiger partial charge in [-0.2, -0.15) is 0 Å². The van der Waals surface area contributed by atoms with Crippen molar-refractivity contribution in [1.82, 2.24) is 9.80 Å². The average Bonchev–Trinajstić information content (AvgIpc) is 2.56. The Bertz CT molecular complexity index is 694. The van der Waals surface area contributed by atoms with Crippen LogP contribution in [0.3, 0.4) is 0 Å². The lowest BCUT2D eigenvalue weighted by molar-refractivity contribution is -0.143. The number of benzene rings is 1. The molecule has 0 saturated heterocycles. The van der Waals surface area contributed by atoms with Gasteiger partial charge in [0.25, 0.3) is 0 Å². The van der Waals surface area contributed by atoms with Crippen LogP contribution < -0.4 is 0 Å². The highest BCUT2D eigenvalue weighted by Gasteiger charge is 2.36. The predicted octanol–water partition coefficient (Wildman–Crippen LogP) is 1.03. The van der Waals surface area contributed by atoms with Crippen LogP contribution in [-0.2, 0) is 22.6 Å². The van der Waals surface area contributed by atoms with E-state index in [2.05, 4.69) is 5.92 Å². The van der Waals surface area contributed by atoms with E-state index in [0.29, 0.717) is 0 Å². The van der Waals surface area contributed by atoms with E-state index in [1.54, 1.807) is 0 Å². The zero-order valence-electron chi connectivity index (χ0n) is 13.0. The van der Waals surface area contributed by atoms with Crippen molar-refractivity contribution in [3.63, 3.8) is 0 Å². The average molecular weight is 330 g/mol. The quantitative estimate of drug-likeness (QED) is 0.786. The summed E-state index contributed by atoms with van der Waals surface area (Å²) in [6.45, 7) is 0.0135. The van der Waals surface area contributed by atoms with E-state index in [9.17, 15) is 19.5 Å². The molecule has 0 saturated carbocycles. The van der Waals surface area contributed by atoms with Crippen molar-refractivity contribution < 1.29 is 24.6 Å². The van der Waals surface area contributed by atoms with E-state index in [1.165, 1.54) is 9.80 Å². The summed E-state index contributed by atoms with van der Waals surface area (Å²) >= 11 is 0. The molecule has 1 atom stereocenters. The highest BCUT2D eigenvalue weighted by atomic mass is 16.4. The molecule has 0 radical (unpaired) electrons. The number of nitrogens with zero attached hydrogens (tertiary/aromatic N) is 2. The summed E-state index contributed by atoms with van der Waals surface area (Å²) in [7, 11) is 0. The van der Waals surface area contributed by atoms with E-state index in [0.717, 1.165) is 11.1 Å². The molecule has 0 bridgehead atoms. The molecule has 0 aliphatic carbocycles. The molecule has 1 heterocycles. The standard InChI is InChI=1S/C17H18N2O5/c1-2-8-18(9-7-15(20)21)17(24)19-11-13-6-4-3-5-12(13)10-14(19)16(22)23/h1,3-6,14H,7-11H2,(H,20,21)(H,22,23). The second-order valence-corrected chi connectivity index (χ2v) is 5.51. The number of carbonyl (C=O) groups excluding carboxylic acids is 1. The Balaban J connectivity index is 2.25. The molecule has 0 spiro atoms. The summed E-state index contributed by atoms with van der Waals surface area (Å²) in [5, 5.41) is 18.3. The summed E-state index contributed by atoms with van der Waals surface area (Å²) in [5.74, 6) is 0.160. The first-order valence-electron chi connectivity index (χ1n) is 7.44. The minimum Gasteiger partial charge on any atom is -0.481 e. The van der Waals surface area contributed by atoms with Gasteiger partial charge in [-0.05, 0) is 11.1 Å². The first-order valence-corrected chi connectivity index (χ1v) is 7.44. The fraction of sp³-hybridized carbons (Fsp3) is 0.353. The first kappa shape index (κ1) is 17.3. The van der Waals surface area contributed by atoms with Crippen molar-refractivity contribution >= 4 is 18.0 Å². The molecule has 7 heteroatoms. The van der Waals surface area contributed by atoms with Crippen LogP contribution in [0, 0.1) is 12.3 Å². The monoisotopic (exact) mass is 330 g/mol. The lowest BCUT2D eigenvalue weighted by Crippen LogP contribution is -2.53. The maximum atomic E-state index is 12.7. The second kappa shape index (κ2) is 7.51. The highest BCUT2D eigenvalue weighted by molar-refractivity contribution is 5.84. The number of hydrogen-bond acceptors (Lipinski definition) is 3. The number of hydrogen-bond donors (Lipinski definition) is 2. The van der Waals surface area contributed by atoms with E-state index in [4.69, 9.17) is 11.5 Å². The Morgan fingerprint density at radius 1 is 1.25 bits per heavy atom. The molecule has 2 amide bonds. The zero-order chi connectivity index (χ0) is 17.7. The van der Waals surface area contributed by atoms with E-state index in [-0.39, 0.29) is 32.5 Å². The molecule has 1 aromatic carbocycles. The van der Waals surface area contributed by atoms with Crippen molar-refractivity contribution in [2.24, 2.45) is 0 Å². The molecule has 0 fully saturated rings. The van der Waals surface area contributed by atoms with Gasteiger partial charge in [-0.3, -0.25) is 4.79 Å². The van der Waals surface area contributed by atoms with Crippen LogP contribution in [0.25, 0.3) is 0 Å². The van der Waals surface area contributed by atoms with Gasteiger partial charge in [-0.15, -0.1) is 6.42 Å². The number of fused-ring (bicyclic) bond motifs is 1. The normalized spacial score (nSPS) is 16.0. The molecule has 126 valence electrons. The zero-order valence-corrected chi connectivity index (χ0v) is 13.0. The maximum Gasteiger partial charge on any atom is 0.326 e. The van der Waals surface area contributed by atoms with Crippen molar-refractivity contribution in [3.8, 4) is 12.3 Å². The van der Waals surface area contributed by atoms with Crippen molar-refractivity contribution in [2.75, 3.05) is 13.1 Å². The third-order valence-electron chi connectivity index (χ3n) is 3.93. The predicted molar refractivity (Wildman–Crippen MR) is 85.2 cm³/mol. The largest absolute Gasteiger partial charge is 0.481 e. The van der Waals surface area contributed by atoms with Gasteiger partial charge in [0.15, 0.2) is 0 Å². The van der Waals surface area contributed by atoms with E-state index in [1.807, 2.05) is 24.3 Å². The minimum absolute atomic E-state index is 0.0666. The van der Waals surface area contributed by atoms with Gasteiger partial charge in [-0.1, -0.05) is 30.2 Å². The molecule has 1 unspecified atom stereocenters. The lowest BCUT2D eigenvalue weighted by Gasteiger charge is -2.37. The summed E-state index contributed by atoms with van der Waals surface area (Å²) in [6.07, 6.45) is 5.20. The van der Waals surface area contributed by atoms with Gasteiger partial charge in [0, 0.05) is 19.5 Å². The van der Waals surface area contributed by atoms with Gasteiger partial charge in [0.1, 0.15) is 6.04 Å². The summed E-state index contributed by atoms with van der Waals surface area (Å²) in [5.41, 5.74) is 1.77. The van der Waals surface area contributed by atoms with Crippen LogP contribution in [0.4, 0.5) is 4.79 Å². The fourth-order valence-electron chi connectivity index (χ4n) is 2.71. The van der Waals surface area contributed by atoms with Gasteiger partial charge in [0.2, 0.25) is 0 Å². The van der Waals surface area contributed by atoms with Crippen LogP contribution in [-0.4, -0.2) is 57.1 Å². The Morgan fingerprint density at radius 3 is 2.50 bits per heavy atom. The molecular weight excluding hydrogens is 312 g/mol. The lowest BCUT2D eigenvalue weighted by atomic mass is 9.94. The number of aliphatic carboxylic acids is 2. The Kier molecular flexibility index (Phi) is 5.42. The SMILES string of the molecule is C#CCN(CCC(=O)O)C(=O)N1Cc2ccccc2CC1C(=O)O. The van der Waals surface area contributed by atoms with E-state index < -0.39 is 24.0 Å². The van der Waals surface area contributed by atoms with Crippen LogP contribution >= 0.6 is 0 Å². The second-order valence-electron chi connectivity index (χ2n) is 5.51. The number of rotatable bonds is 5. The summed E-state index contributed by atoms with van der Waals surface area (Å²) < 4.78 is 0. The van der Waals surface area contributed by atoms with Crippen molar-refractivity contribution in [3.05, 3.63) is 35.4 Å². The topological polar surface area (TPSA) is 98.2 Å². The molecule has 0 aromatic heterocycles. The molecule has 24 heavy (non-hydrogen) atoms. The van der Waals surface area contributed by atoms with Crippen LogP contribution in [0.2, 0.25) is 0 Å². The highest BCUT2D eigenvalue weighted by Crippen LogP contribution is 2.24. The molecule has 1 aliphatic rings. The minimum atomic E-state index is -1.10. The number of amides is 2. The molecular formula is C17H18N2O5. The first-order chi connectivity index (χ1) is 11.4. The summed E-state index contributed by atoms with van der Waals surface area (Å²) in [4.78, 5) is 37.5. The molecule has 2 N–H and O–H groups in total. The van der Waals surface area contributed by atoms with Gasteiger partial charge in [0.05, 0.1) is 13.0 Å². The van der Waals surface area contributed by atoms with Crippen LogP contribution in [0.5, 0.6) is 0 Å². The van der Waals surface area contributed by atoms with Gasteiger partial charge in [-0.25, -0.2) is 9.59 Å². The van der Waals surface area contributed by atoms with Crippen molar-refractivity contribution in [1.29, 1.82) is 0 Å². The Morgan fingerprint density at radius 2 is 1.92 bits per heavy atom. The Labute approximate surface area is 139 Å². The third kappa shape index (κ3) is 3.84. The molecule has 1 aliphatic heterocycles. The van der Waals surface area contributed by atoms with Crippen LogP contribution in [0.15, 0.2) is 24.3 Å². The molecule has 1 aromatic rings. The number of carboxylic acid groups (broad SMARTS) is 2. The number of carbonyl (C=O) groups is 3. The third-order valence-corrected chi connectivity index (χ3v) is 3.93.